The van der Waals surface area contributed by atoms with E-state index in [4.69, 9.17) is 0 Å². The molecule has 0 heterocycles. The first-order chi connectivity index (χ1) is 6.20. The normalized spacial score (nSPS) is 29.5. The Kier molecular flexibility index (Phi) is 5.14. The first-order valence-electron chi connectivity index (χ1n) is 5.14. The quantitative estimate of drug-likeness (QED) is 0.750. The first kappa shape index (κ1) is 11.3. The second kappa shape index (κ2) is 5.89. The summed E-state index contributed by atoms with van der Waals surface area (Å²) in [5.41, 5.74) is 0. The minimum atomic E-state index is -0.0408. The van der Waals surface area contributed by atoms with Crippen molar-refractivity contribution in [3.05, 3.63) is 0 Å². The number of thioether (sulfide) groups is 1. The number of aliphatic hydroxyl groups is 1. The van der Waals surface area contributed by atoms with Crippen molar-refractivity contribution in [3.8, 4) is 0 Å². The van der Waals surface area contributed by atoms with Gasteiger partial charge in [-0.2, -0.15) is 11.8 Å². The minimum absolute atomic E-state index is 0.0408. The molecule has 0 aromatic carbocycles. The number of hydrogen-bond acceptors (Lipinski definition) is 3. The van der Waals surface area contributed by atoms with Crippen molar-refractivity contribution in [1.29, 1.82) is 0 Å². The molecule has 2 unspecified atom stereocenters. The van der Waals surface area contributed by atoms with Crippen LogP contribution in [0.1, 0.15) is 25.7 Å². The highest BCUT2D eigenvalue weighted by atomic mass is 32.2. The van der Waals surface area contributed by atoms with Crippen LogP contribution in [0, 0.1) is 0 Å². The molecule has 0 aliphatic heterocycles. The molecule has 0 saturated heterocycles. The lowest BCUT2D eigenvalue weighted by molar-refractivity contribution is 0.137. The summed E-state index contributed by atoms with van der Waals surface area (Å²) in [6.45, 7) is 1.12. The van der Waals surface area contributed by atoms with E-state index in [2.05, 4.69) is 19.0 Å². The van der Waals surface area contributed by atoms with Crippen molar-refractivity contribution in [3.63, 3.8) is 0 Å². The van der Waals surface area contributed by atoms with E-state index < -0.39 is 0 Å². The zero-order valence-corrected chi connectivity index (χ0v) is 9.52. The molecule has 0 amide bonds. The standard InChI is InChI=1S/C10H21NOS/c1-11(2)7-8-13-10-6-4-3-5-9(10)12/h9-10,12H,3-8H2,1-2H3. The van der Waals surface area contributed by atoms with E-state index in [0.717, 1.165) is 18.7 Å². The summed E-state index contributed by atoms with van der Waals surface area (Å²) in [4.78, 5) is 2.20. The summed E-state index contributed by atoms with van der Waals surface area (Å²) < 4.78 is 0. The van der Waals surface area contributed by atoms with Gasteiger partial charge < -0.3 is 10.0 Å². The van der Waals surface area contributed by atoms with Gasteiger partial charge in [0.2, 0.25) is 0 Å². The van der Waals surface area contributed by atoms with E-state index in [1.165, 1.54) is 19.3 Å². The van der Waals surface area contributed by atoms with Gasteiger partial charge in [-0.3, -0.25) is 0 Å². The predicted molar refractivity (Wildman–Crippen MR) is 59.3 cm³/mol. The lowest BCUT2D eigenvalue weighted by Crippen LogP contribution is -2.28. The second-order valence-electron chi connectivity index (χ2n) is 4.06. The molecule has 0 aromatic heterocycles. The van der Waals surface area contributed by atoms with E-state index in [1.54, 1.807) is 0 Å². The molecule has 1 saturated carbocycles. The smallest absolute Gasteiger partial charge is 0.0658 e. The van der Waals surface area contributed by atoms with Crippen LogP contribution in [0.3, 0.4) is 0 Å². The van der Waals surface area contributed by atoms with Crippen molar-refractivity contribution in [2.75, 3.05) is 26.4 Å². The van der Waals surface area contributed by atoms with Crippen molar-refractivity contribution in [2.24, 2.45) is 0 Å². The predicted octanol–water partition coefficient (Wildman–Crippen LogP) is 1.58. The fourth-order valence-corrected chi connectivity index (χ4v) is 3.12. The van der Waals surface area contributed by atoms with Crippen LogP contribution in [0.5, 0.6) is 0 Å². The van der Waals surface area contributed by atoms with Crippen LogP contribution >= 0.6 is 11.8 Å². The highest BCUT2D eigenvalue weighted by molar-refractivity contribution is 7.99. The minimum Gasteiger partial charge on any atom is -0.392 e. The van der Waals surface area contributed by atoms with Gasteiger partial charge in [-0.25, -0.2) is 0 Å². The van der Waals surface area contributed by atoms with Crippen LogP contribution in [-0.4, -0.2) is 47.8 Å². The van der Waals surface area contributed by atoms with Gasteiger partial charge in [-0.15, -0.1) is 0 Å². The maximum Gasteiger partial charge on any atom is 0.0658 e. The highest BCUT2D eigenvalue weighted by Gasteiger charge is 2.22. The molecule has 1 N–H and O–H groups in total. The van der Waals surface area contributed by atoms with Crippen LogP contribution in [0.25, 0.3) is 0 Å². The van der Waals surface area contributed by atoms with Crippen LogP contribution in [0.15, 0.2) is 0 Å². The van der Waals surface area contributed by atoms with Crippen molar-refractivity contribution < 1.29 is 5.11 Å². The maximum atomic E-state index is 9.70. The Bertz CT molecular complexity index is 141. The summed E-state index contributed by atoms with van der Waals surface area (Å²) in [6, 6.07) is 0. The van der Waals surface area contributed by atoms with E-state index in [-0.39, 0.29) is 6.10 Å². The fraction of sp³-hybridized carbons (Fsp3) is 1.00. The van der Waals surface area contributed by atoms with Crippen molar-refractivity contribution in [2.45, 2.75) is 37.0 Å². The summed E-state index contributed by atoms with van der Waals surface area (Å²) in [5.74, 6) is 1.15. The average molecular weight is 203 g/mol. The van der Waals surface area contributed by atoms with Gasteiger partial charge in [0.05, 0.1) is 6.10 Å². The van der Waals surface area contributed by atoms with Gasteiger partial charge in [-0.05, 0) is 26.9 Å². The molecule has 0 spiro atoms. The average Bonchev–Trinajstić information content (AvgIpc) is 2.08. The summed E-state index contributed by atoms with van der Waals surface area (Å²) in [5, 5.41) is 10.2. The number of hydrogen-bond donors (Lipinski definition) is 1. The molecular weight excluding hydrogens is 182 g/mol. The van der Waals surface area contributed by atoms with Gasteiger partial charge in [0, 0.05) is 17.5 Å². The molecule has 0 bridgehead atoms. The second-order valence-corrected chi connectivity index (χ2v) is 5.41. The third-order valence-electron chi connectivity index (χ3n) is 2.54. The zero-order chi connectivity index (χ0) is 9.68. The largest absolute Gasteiger partial charge is 0.392 e. The Morgan fingerprint density at radius 1 is 1.31 bits per heavy atom. The monoisotopic (exact) mass is 203 g/mol. The van der Waals surface area contributed by atoms with Gasteiger partial charge in [0.1, 0.15) is 0 Å². The Balaban J connectivity index is 2.11. The van der Waals surface area contributed by atoms with Gasteiger partial charge in [-0.1, -0.05) is 12.8 Å². The molecule has 1 rings (SSSR count). The molecule has 13 heavy (non-hydrogen) atoms. The molecule has 0 radical (unpaired) electrons. The lowest BCUT2D eigenvalue weighted by atomic mass is 9.97. The Labute approximate surface area is 85.7 Å². The molecular formula is C10H21NOS. The van der Waals surface area contributed by atoms with E-state index in [1.807, 2.05) is 11.8 Å². The van der Waals surface area contributed by atoms with Crippen LogP contribution < -0.4 is 0 Å². The van der Waals surface area contributed by atoms with Crippen LogP contribution in [0.2, 0.25) is 0 Å². The molecule has 3 heteroatoms. The summed E-state index contributed by atoms with van der Waals surface area (Å²) >= 11 is 1.94. The third kappa shape index (κ3) is 4.34. The zero-order valence-electron chi connectivity index (χ0n) is 8.70. The SMILES string of the molecule is CN(C)CCSC1CCCCC1O. The molecule has 2 atom stereocenters. The van der Waals surface area contributed by atoms with E-state index in [0.29, 0.717) is 5.25 Å². The number of nitrogens with zero attached hydrogens (tertiary/aromatic N) is 1. The molecule has 1 aliphatic rings. The Hall–Kier alpha value is 0.270. The molecule has 78 valence electrons. The number of rotatable bonds is 4. The van der Waals surface area contributed by atoms with Gasteiger partial charge in [0.15, 0.2) is 0 Å². The van der Waals surface area contributed by atoms with Crippen molar-refractivity contribution in [1.82, 2.24) is 4.90 Å². The van der Waals surface area contributed by atoms with E-state index >= 15 is 0 Å². The molecule has 1 fully saturated rings. The van der Waals surface area contributed by atoms with E-state index in [9.17, 15) is 5.11 Å². The summed E-state index contributed by atoms with van der Waals surface area (Å²) in [7, 11) is 4.19. The Morgan fingerprint density at radius 2 is 2.00 bits per heavy atom. The highest BCUT2D eigenvalue weighted by Crippen LogP contribution is 2.28. The first-order valence-corrected chi connectivity index (χ1v) is 6.19. The molecule has 1 aliphatic carbocycles. The maximum absolute atomic E-state index is 9.70. The third-order valence-corrected chi connectivity index (χ3v) is 3.93. The Morgan fingerprint density at radius 3 is 2.62 bits per heavy atom. The van der Waals surface area contributed by atoms with Gasteiger partial charge in [0.25, 0.3) is 0 Å². The van der Waals surface area contributed by atoms with Gasteiger partial charge >= 0.3 is 0 Å². The molecule has 2 nitrogen and oxygen atoms in total. The molecule has 0 aromatic rings. The van der Waals surface area contributed by atoms with Crippen molar-refractivity contribution >= 4 is 11.8 Å². The topological polar surface area (TPSA) is 23.5 Å². The summed E-state index contributed by atoms with van der Waals surface area (Å²) in [6.07, 6.45) is 4.70. The number of aliphatic hydroxyl groups excluding tert-OH is 1. The fourth-order valence-electron chi connectivity index (χ4n) is 1.66. The lowest BCUT2D eigenvalue weighted by Gasteiger charge is -2.27. The van der Waals surface area contributed by atoms with Crippen LogP contribution in [0.4, 0.5) is 0 Å². The van der Waals surface area contributed by atoms with Crippen LogP contribution in [-0.2, 0) is 0 Å².